The van der Waals surface area contributed by atoms with Crippen LogP contribution in [0.4, 0.5) is 15.9 Å². The number of aromatic nitrogens is 3. The molecule has 0 saturated heterocycles. The average molecular weight is 531 g/mol. The molecular weight excluding hydrogens is 507 g/mol. The van der Waals surface area contributed by atoms with E-state index in [2.05, 4.69) is 25.8 Å². The first-order chi connectivity index (χ1) is 18.4. The lowest BCUT2D eigenvalue weighted by molar-refractivity contribution is 0.0956. The van der Waals surface area contributed by atoms with E-state index in [-0.39, 0.29) is 23.5 Å². The van der Waals surface area contributed by atoms with Crippen LogP contribution in [0.1, 0.15) is 37.3 Å². The quantitative estimate of drug-likeness (QED) is 0.235. The van der Waals surface area contributed by atoms with Gasteiger partial charge in [0.05, 0.1) is 16.6 Å². The number of hydrogen-bond donors (Lipinski definition) is 4. The molecule has 3 heterocycles. The van der Waals surface area contributed by atoms with Gasteiger partial charge in [0.1, 0.15) is 11.6 Å². The lowest BCUT2D eigenvalue weighted by Gasteiger charge is -2.17. The Labute approximate surface area is 220 Å². The number of H-pyrrole nitrogens is 2. The van der Waals surface area contributed by atoms with Crippen molar-refractivity contribution in [2.45, 2.75) is 6.92 Å². The Bertz CT molecular complexity index is 1640. The van der Waals surface area contributed by atoms with Gasteiger partial charge in [-0.15, -0.1) is 11.3 Å². The number of nitrogens with one attached hydrogen (secondary N) is 4. The minimum Gasteiger partial charge on any atom is -0.352 e. The van der Waals surface area contributed by atoms with E-state index in [1.807, 2.05) is 13.0 Å². The molecule has 38 heavy (non-hydrogen) atoms. The first-order valence-electron chi connectivity index (χ1n) is 11.7. The Kier molecular flexibility index (Phi) is 6.75. The Morgan fingerprint density at radius 1 is 1.05 bits per heavy atom. The summed E-state index contributed by atoms with van der Waals surface area (Å²) < 4.78 is 13.3. The summed E-state index contributed by atoms with van der Waals surface area (Å²) in [5, 5.41) is 12.9. The van der Waals surface area contributed by atoms with E-state index >= 15 is 0 Å². The van der Waals surface area contributed by atoms with E-state index in [1.165, 1.54) is 40.5 Å². The monoisotopic (exact) mass is 530 g/mol. The van der Waals surface area contributed by atoms with Crippen LogP contribution in [0.15, 0.2) is 67.0 Å². The Morgan fingerprint density at radius 3 is 2.55 bits per heavy atom. The molecule has 0 atom stereocenters. The third kappa shape index (κ3) is 4.78. The van der Waals surface area contributed by atoms with Gasteiger partial charge in [0.15, 0.2) is 0 Å². The third-order valence-electron chi connectivity index (χ3n) is 5.98. The van der Waals surface area contributed by atoms with E-state index in [1.54, 1.807) is 43.7 Å². The molecule has 0 fully saturated rings. The van der Waals surface area contributed by atoms with Crippen LogP contribution >= 0.6 is 11.3 Å². The van der Waals surface area contributed by atoms with E-state index in [9.17, 15) is 18.8 Å². The molecule has 0 saturated carbocycles. The lowest BCUT2D eigenvalue weighted by Crippen LogP contribution is -2.26. The van der Waals surface area contributed by atoms with Crippen molar-refractivity contribution < 1.29 is 18.8 Å². The summed E-state index contributed by atoms with van der Waals surface area (Å²) in [5.74, 6) is -1.21. The fourth-order valence-electron chi connectivity index (χ4n) is 4.05. The Balaban J connectivity index is 1.46. The maximum atomic E-state index is 13.3. The van der Waals surface area contributed by atoms with Gasteiger partial charge < -0.3 is 20.5 Å². The number of thiophene rings is 1. The molecule has 0 aliphatic rings. The predicted octanol–water partition coefficient (Wildman–Crippen LogP) is 5.04. The van der Waals surface area contributed by atoms with Crippen LogP contribution in [0.3, 0.4) is 0 Å². The van der Waals surface area contributed by atoms with E-state index < -0.39 is 5.82 Å². The number of benzene rings is 2. The molecule has 11 heteroatoms. The highest BCUT2D eigenvalue weighted by Crippen LogP contribution is 2.32. The second-order valence-electron chi connectivity index (χ2n) is 8.44. The molecule has 0 aliphatic heterocycles. The first-order valence-corrected chi connectivity index (χ1v) is 12.5. The number of aromatic amines is 2. The van der Waals surface area contributed by atoms with Crippen molar-refractivity contribution in [3.05, 3.63) is 88.8 Å². The number of carbonyl (C=O) groups is 3. The highest BCUT2D eigenvalue weighted by molar-refractivity contribution is 7.17. The number of rotatable bonds is 7. The average Bonchev–Trinajstić information content (AvgIpc) is 3.67. The van der Waals surface area contributed by atoms with Crippen LogP contribution in [0.5, 0.6) is 0 Å². The number of amides is 3. The zero-order chi connectivity index (χ0) is 26.8. The summed E-state index contributed by atoms with van der Waals surface area (Å²) in [4.78, 5) is 44.9. The molecule has 0 bridgehead atoms. The van der Waals surface area contributed by atoms with E-state index in [4.69, 9.17) is 0 Å². The van der Waals surface area contributed by atoms with Crippen LogP contribution in [0, 0.1) is 5.82 Å². The molecule has 0 aliphatic carbocycles. The van der Waals surface area contributed by atoms with Gasteiger partial charge in [-0.1, -0.05) is 0 Å². The summed E-state index contributed by atoms with van der Waals surface area (Å²) in [7, 11) is 1.61. The van der Waals surface area contributed by atoms with Crippen molar-refractivity contribution in [2.75, 3.05) is 23.8 Å². The number of halogens is 1. The van der Waals surface area contributed by atoms with Crippen molar-refractivity contribution in [3.63, 3.8) is 0 Å². The van der Waals surface area contributed by atoms with Gasteiger partial charge in [-0.25, -0.2) is 4.39 Å². The standard InChI is InChI=1S/C27H23FN6O3S/c1-3-29-26(36)23-19-9-8-18(34(2)27(37)15-4-6-17(28)7-5-15)12-20(19)32-24(23)33-25(35)22-11-10-21(38-22)16-13-30-31-14-16/h4-14,32H,3H2,1-2H3,(H,29,36)(H,30,31)(H,33,35). The Hall–Kier alpha value is -4.77. The number of carbonyl (C=O) groups excluding carboxylic acids is 3. The van der Waals surface area contributed by atoms with Gasteiger partial charge in [0.25, 0.3) is 17.7 Å². The second-order valence-corrected chi connectivity index (χ2v) is 9.52. The van der Waals surface area contributed by atoms with Gasteiger partial charge in [0, 0.05) is 52.4 Å². The summed E-state index contributed by atoms with van der Waals surface area (Å²) in [6, 6.07) is 14.0. The lowest BCUT2D eigenvalue weighted by atomic mass is 10.1. The van der Waals surface area contributed by atoms with Gasteiger partial charge in [-0.2, -0.15) is 5.10 Å². The molecule has 3 aromatic heterocycles. The summed E-state index contributed by atoms with van der Waals surface area (Å²) in [6.07, 6.45) is 3.42. The van der Waals surface area contributed by atoms with Crippen LogP contribution in [0.2, 0.25) is 0 Å². The number of fused-ring (bicyclic) bond motifs is 1. The molecule has 2 aromatic carbocycles. The van der Waals surface area contributed by atoms with Crippen molar-refractivity contribution in [1.29, 1.82) is 0 Å². The zero-order valence-corrected chi connectivity index (χ0v) is 21.3. The van der Waals surface area contributed by atoms with Crippen LogP contribution in [-0.2, 0) is 0 Å². The molecule has 5 rings (SSSR count). The second kappa shape index (κ2) is 10.3. The molecule has 192 valence electrons. The summed E-state index contributed by atoms with van der Waals surface area (Å²) in [5.41, 5.74) is 2.61. The minimum absolute atomic E-state index is 0.249. The van der Waals surface area contributed by atoms with Crippen LogP contribution in [-0.4, -0.2) is 46.5 Å². The molecule has 5 aromatic rings. The normalized spacial score (nSPS) is 10.9. The highest BCUT2D eigenvalue weighted by atomic mass is 32.1. The number of hydrogen-bond acceptors (Lipinski definition) is 5. The third-order valence-corrected chi connectivity index (χ3v) is 7.11. The molecular formula is C27H23FN6O3S. The van der Waals surface area contributed by atoms with Crippen molar-refractivity contribution in [3.8, 4) is 10.4 Å². The summed E-state index contributed by atoms with van der Waals surface area (Å²) in [6.45, 7) is 2.22. The largest absolute Gasteiger partial charge is 0.352 e. The van der Waals surface area contributed by atoms with E-state index in [0.717, 1.165) is 10.4 Å². The number of anilines is 2. The molecule has 0 unspecified atom stereocenters. The van der Waals surface area contributed by atoms with Gasteiger partial charge in [-0.3, -0.25) is 19.5 Å². The Morgan fingerprint density at radius 2 is 1.84 bits per heavy atom. The van der Waals surface area contributed by atoms with Gasteiger partial charge in [-0.05, 0) is 61.5 Å². The van der Waals surface area contributed by atoms with Gasteiger partial charge >= 0.3 is 0 Å². The van der Waals surface area contributed by atoms with E-state index in [0.29, 0.717) is 39.1 Å². The maximum absolute atomic E-state index is 13.3. The van der Waals surface area contributed by atoms with Crippen molar-refractivity contribution in [2.24, 2.45) is 0 Å². The molecule has 0 radical (unpaired) electrons. The smallest absolute Gasteiger partial charge is 0.266 e. The predicted molar refractivity (Wildman–Crippen MR) is 145 cm³/mol. The molecule has 3 amide bonds. The zero-order valence-electron chi connectivity index (χ0n) is 20.5. The fraction of sp³-hybridized carbons (Fsp3) is 0.111. The molecule has 0 spiro atoms. The summed E-state index contributed by atoms with van der Waals surface area (Å²) >= 11 is 1.30. The minimum atomic E-state index is -0.426. The number of nitrogens with zero attached hydrogens (tertiary/aromatic N) is 2. The van der Waals surface area contributed by atoms with Crippen LogP contribution in [0.25, 0.3) is 21.3 Å². The maximum Gasteiger partial charge on any atom is 0.266 e. The topological polar surface area (TPSA) is 123 Å². The van der Waals surface area contributed by atoms with Crippen LogP contribution < -0.4 is 15.5 Å². The van der Waals surface area contributed by atoms with Gasteiger partial charge in [0.2, 0.25) is 0 Å². The van der Waals surface area contributed by atoms with Crippen molar-refractivity contribution >= 4 is 51.5 Å². The molecule has 9 nitrogen and oxygen atoms in total. The highest BCUT2D eigenvalue weighted by Gasteiger charge is 2.22. The fourth-order valence-corrected chi connectivity index (χ4v) is 4.93. The first kappa shape index (κ1) is 24.9. The molecule has 4 N–H and O–H groups in total. The SMILES string of the molecule is CCNC(=O)c1c(NC(=O)c2ccc(-c3cn[nH]c3)s2)[nH]c2cc(N(C)C(=O)c3ccc(F)cc3)ccc12. The van der Waals surface area contributed by atoms with Crippen molar-refractivity contribution in [1.82, 2.24) is 20.5 Å².